The van der Waals surface area contributed by atoms with Gasteiger partial charge in [0, 0.05) is 7.05 Å². The van der Waals surface area contributed by atoms with Crippen molar-refractivity contribution < 1.29 is 14.3 Å². The van der Waals surface area contributed by atoms with E-state index in [4.69, 9.17) is 4.42 Å². The van der Waals surface area contributed by atoms with Gasteiger partial charge in [-0.1, -0.05) is 12.5 Å². The van der Waals surface area contributed by atoms with Crippen molar-refractivity contribution in [3.8, 4) is 0 Å². The molecule has 1 fully saturated rings. The van der Waals surface area contributed by atoms with Gasteiger partial charge in [0.15, 0.2) is 5.58 Å². The predicted octanol–water partition coefficient (Wildman–Crippen LogP) is 1.64. The molecule has 0 aliphatic heterocycles. The summed E-state index contributed by atoms with van der Waals surface area (Å²) in [6.07, 6.45) is 2.21. The van der Waals surface area contributed by atoms with Crippen LogP contribution in [0, 0.1) is 0 Å². The summed E-state index contributed by atoms with van der Waals surface area (Å²) in [6, 6.07) is 5.22. The molecule has 1 aromatic heterocycles. The summed E-state index contributed by atoms with van der Waals surface area (Å²) in [7, 11) is 1.63. The molecule has 0 radical (unpaired) electrons. The Hall–Kier alpha value is -2.04. The van der Waals surface area contributed by atoms with Crippen LogP contribution in [0.15, 0.2) is 27.4 Å². The Morgan fingerprint density at radius 1 is 1.44 bits per heavy atom. The third-order valence-electron chi connectivity index (χ3n) is 3.96. The number of benzene rings is 1. The summed E-state index contributed by atoms with van der Waals surface area (Å²) >= 11 is 0. The van der Waals surface area contributed by atoms with Crippen LogP contribution in [0.4, 0.5) is 0 Å². The Labute approximate surface area is 103 Å². The van der Waals surface area contributed by atoms with Gasteiger partial charge in [-0.25, -0.2) is 4.79 Å². The molecule has 0 bridgehead atoms. The standard InChI is InChI=1S/C13H13NO4/c1-14-9-4-3-8(7-10(9)18-12(14)17)13(11(15)16)5-2-6-13/h3-4,7H,2,5-6H2,1H3,(H,15,16). The van der Waals surface area contributed by atoms with Gasteiger partial charge in [0.1, 0.15) is 0 Å². The first-order valence-electron chi connectivity index (χ1n) is 5.88. The van der Waals surface area contributed by atoms with Gasteiger partial charge in [0.25, 0.3) is 0 Å². The van der Waals surface area contributed by atoms with E-state index in [2.05, 4.69) is 0 Å². The number of fused-ring (bicyclic) bond motifs is 1. The molecule has 18 heavy (non-hydrogen) atoms. The quantitative estimate of drug-likeness (QED) is 0.875. The maximum Gasteiger partial charge on any atom is 0.419 e. The number of nitrogens with zero attached hydrogens (tertiary/aromatic N) is 1. The fraction of sp³-hybridized carbons (Fsp3) is 0.385. The number of carboxylic acid groups (broad SMARTS) is 1. The van der Waals surface area contributed by atoms with Crippen molar-refractivity contribution in [2.24, 2.45) is 7.05 Å². The number of rotatable bonds is 2. The lowest BCUT2D eigenvalue weighted by Crippen LogP contribution is -2.42. The highest BCUT2D eigenvalue weighted by molar-refractivity contribution is 5.85. The van der Waals surface area contributed by atoms with Gasteiger partial charge < -0.3 is 9.52 Å². The van der Waals surface area contributed by atoms with Crippen LogP contribution in [0.5, 0.6) is 0 Å². The van der Waals surface area contributed by atoms with Crippen molar-refractivity contribution in [3.63, 3.8) is 0 Å². The van der Waals surface area contributed by atoms with Gasteiger partial charge in [-0.15, -0.1) is 0 Å². The number of aryl methyl sites for hydroxylation is 1. The van der Waals surface area contributed by atoms with Crippen molar-refractivity contribution in [2.45, 2.75) is 24.7 Å². The van der Waals surface area contributed by atoms with Crippen molar-refractivity contribution in [2.75, 3.05) is 0 Å². The lowest BCUT2D eigenvalue weighted by atomic mass is 9.64. The first-order chi connectivity index (χ1) is 8.54. The van der Waals surface area contributed by atoms with Crippen LogP contribution in [-0.2, 0) is 17.3 Å². The molecule has 0 atom stereocenters. The van der Waals surface area contributed by atoms with E-state index in [1.807, 2.05) is 0 Å². The van der Waals surface area contributed by atoms with Crippen LogP contribution in [0.1, 0.15) is 24.8 Å². The second kappa shape index (κ2) is 3.48. The number of hydrogen-bond donors (Lipinski definition) is 1. The highest BCUT2D eigenvalue weighted by Gasteiger charge is 2.46. The van der Waals surface area contributed by atoms with E-state index in [1.54, 1.807) is 25.2 Å². The normalized spacial score (nSPS) is 17.6. The van der Waals surface area contributed by atoms with Gasteiger partial charge >= 0.3 is 11.7 Å². The van der Waals surface area contributed by atoms with Crippen molar-refractivity contribution in [1.82, 2.24) is 4.57 Å². The molecule has 5 nitrogen and oxygen atoms in total. The minimum atomic E-state index is -0.800. The summed E-state index contributed by atoms with van der Waals surface area (Å²) in [5, 5.41) is 9.37. The second-order valence-corrected chi connectivity index (χ2v) is 4.85. The highest BCUT2D eigenvalue weighted by Crippen LogP contribution is 2.44. The maximum absolute atomic E-state index is 11.4. The average Bonchev–Trinajstić information content (AvgIpc) is 2.52. The third kappa shape index (κ3) is 1.27. The van der Waals surface area contributed by atoms with Gasteiger partial charge in [0.05, 0.1) is 10.9 Å². The lowest BCUT2D eigenvalue weighted by Gasteiger charge is -2.38. The minimum absolute atomic E-state index is 0.430. The van der Waals surface area contributed by atoms with Gasteiger partial charge in [-0.3, -0.25) is 9.36 Å². The number of aromatic nitrogens is 1. The fourth-order valence-corrected chi connectivity index (χ4v) is 2.59. The van der Waals surface area contributed by atoms with Crippen LogP contribution in [0.2, 0.25) is 0 Å². The molecule has 3 rings (SSSR count). The van der Waals surface area contributed by atoms with E-state index in [9.17, 15) is 14.7 Å². The summed E-state index contributed by atoms with van der Waals surface area (Å²) in [4.78, 5) is 22.8. The summed E-state index contributed by atoms with van der Waals surface area (Å²) in [5.41, 5.74) is 1.07. The Morgan fingerprint density at radius 3 is 2.72 bits per heavy atom. The topological polar surface area (TPSA) is 72.4 Å². The van der Waals surface area contributed by atoms with Crippen LogP contribution in [0.3, 0.4) is 0 Å². The molecule has 0 unspecified atom stereocenters. The number of hydrogen-bond acceptors (Lipinski definition) is 3. The number of carbonyl (C=O) groups is 1. The Morgan fingerprint density at radius 2 is 2.17 bits per heavy atom. The first kappa shape index (κ1) is 11.1. The smallest absolute Gasteiger partial charge is 0.419 e. The molecule has 1 aromatic carbocycles. The molecule has 1 aliphatic rings. The van der Waals surface area contributed by atoms with Crippen LogP contribution >= 0.6 is 0 Å². The number of carboxylic acids is 1. The van der Waals surface area contributed by atoms with Gasteiger partial charge in [-0.2, -0.15) is 0 Å². The third-order valence-corrected chi connectivity index (χ3v) is 3.96. The van der Waals surface area contributed by atoms with Crippen LogP contribution < -0.4 is 5.76 Å². The minimum Gasteiger partial charge on any atom is -0.481 e. The monoisotopic (exact) mass is 247 g/mol. The Kier molecular flexibility index (Phi) is 2.14. The Balaban J connectivity index is 2.19. The molecule has 2 aromatic rings. The SMILES string of the molecule is Cn1c(=O)oc2cc(C3(C(=O)O)CCC3)ccc21. The number of aliphatic carboxylic acids is 1. The molecule has 94 valence electrons. The van der Waals surface area contributed by atoms with E-state index < -0.39 is 17.1 Å². The maximum atomic E-state index is 11.4. The second-order valence-electron chi connectivity index (χ2n) is 4.85. The lowest BCUT2D eigenvalue weighted by molar-refractivity contribution is -0.147. The Bertz CT molecular complexity index is 691. The molecule has 5 heteroatoms. The van der Waals surface area contributed by atoms with Crippen LogP contribution in [0.25, 0.3) is 11.1 Å². The zero-order valence-corrected chi connectivity index (χ0v) is 9.97. The van der Waals surface area contributed by atoms with Gasteiger partial charge in [0.2, 0.25) is 0 Å². The molecular weight excluding hydrogens is 234 g/mol. The summed E-state index contributed by atoms with van der Waals surface area (Å²) in [5.74, 6) is -1.23. The molecule has 0 amide bonds. The zero-order chi connectivity index (χ0) is 12.9. The predicted molar refractivity (Wildman–Crippen MR) is 64.6 cm³/mol. The van der Waals surface area contributed by atoms with Crippen LogP contribution in [-0.4, -0.2) is 15.6 Å². The molecule has 1 aliphatic carbocycles. The zero-order valence-electron chi connectivity index (χ0n) is 9.97. The van der Waals surface area contributed by atoms with Gasteiger partial charge in [-0.05, 0) is 30.5 Å². The number of oxazole rings is 1. The molecular formula is C13H13NO4. The highest BCUT2D eigenvalue weighted by atomic mass is 16.4. The molecule has 0 saturated heterocycles. The summed E-state index contributed by atoms with van der Waals surface area (Å²) < 4.78 is 6.51. The first-order valence-corrected chi connectivity index (χ1v) is 5.88. The molecule has 1 N–H and O–H groups in total. The van der Waals surface area contributed by atoms with E-state index in [0.717, 1.165) is 12.0 Å². The average molecular weight is 247 g/mol. The van der Waals surface area contributed by atoms with Crippen molar-refractivity contribution >= 4 is 17.1 Å². The van der Waals surface area contributed by atoms with E-state index >= 15 is 0 Å². The largest absolute Gasteiger partial charge is 0.481 e. The van der Waals surface area contributed by atoms with E-state index in [1.165, 1.54) is 4.57 Å². The molecule has 1 saturated carbocycles. The molecule has 0 spiro atoms. The summed E-state index contributed by atoms with van der Waals surface area (Å²) in [6.45, 7) is 0. The van der Waals surface area contributed by atoms with E-state index in [-0.39, 0.29) is 0 Å². The van der Waals surface area contributed by atoms with Crippen molar-refractivity contribution in [3.05, 3.63) is 34.3 Å². The van der Waals surface area contributed by atoms with E-state index in [0.29, 0.717) is 23.9 Å². The molecule has 1 heterocycles. The fourth-order valence-electron chi connectivity index (χ4n) is 2.59. The van der Waals surface area contributed by atoms with Crippen molar-refractivity contribution in [1.29, 1.82) is 0 Å².